The molecule has 1 N–H and O–H groups in total. The number of benzene rings is 2. The van der Waals surface area contributed by atoms with Gasteiger partial charge in [-0.2, -0.15) is 0 Å². The molecule has 2 rings (SSSR count). The number of rotatable bonds is 1. The topological polar surface area (TPSA) is 37.3 Å². The molecule has 0 fully saturated rings. The second kappa shape index (κ2) is 5.31. The zero-order valence-corrected chi connectivity index (χ0v) is 9.82. The smallest absolute Gasteiger partial charge is 0.335 e. The van der Waals surface area contributed by atoms with Crippen molar-refractivity contribution < 1.29 is 9.90 Å². The zero-order chi connectivity index (χ0) is 12.1. The molecule has 0 aliphatic heterocycles. The zero-order valence-electron chi connectivity index (χ0n) is 9.82. The van der Waals surface area contributed by atoms with Gasteiger partial charge in [0.1, 0.15) is 0 Å². The first-order chi connectivity index (χ1) is 7.66. The van der Waals surface area contributed by atoms with E-state index in [0.29, 0.717) is 5.56 Å². The number of carboxylic acids is 1. The highest BCUT2D eigenvalue weighted by molar-refractivity contribution is 5.94. The van der Waals surface area contributed by atoms with Crippen molar-refractivity contribution in [2.45, 2.75) is 20.8 Å². The fraction of sp³-hybridized carbons (Fsp3) is 0.214. The fourth-order valence-corrected chi connectivity index (χ4v) is 1.50. The van der Waals surface area contributed by atoms with Gasteiger partial charge in [0, 0.05) is 0 Å². The Balaban J connectivity index is 0.000000606. The summed E-state index contributed by atoms with van der Waals surface area (Å²) in [5.41, 5.74) is 1.48. The molecule has 16 heavy (non-hydrogen) atoms. The van der Waals surface area contributed by atoms with Crippen molar-refractivity contribution in [1.29, 1.82) is 0 Å². The highest BCUT2D eigenvalue weighted by Crippen LogP contribution is 2.17. The Morgan fingerprint density at radius 2 is 1.62 bits per heavy atom. The number of carbonyl (C=O) groups is 1. The third-order valence-electron chi connectivity index (χ3n) is 2.24. The molecule has 84 valence electrons. The Kier molecular flexibility index (Phi) is 4.06. The van der Waals surface area contributed by atoms with Gasteiger partial charge in [-0.1, -0.05) is 43.7 Å². The minimum atomic E-state index is -0.881. The number of aromatic carboxylic acids is 1. The van der Waals surface area contributed by atoms with Crippen LogP contribution in [0.3, 0.4) is 0 Å². The van der Waals surface area contributed by atoms with E-state index < -0.39 is 5.97 Å². The Bertz CT molecular complexity index is 501. The summed E-state index contributed by atoms with van der Waals surface area (Å²) in [4.78, 5) is 10.7. The molecule has 0 heterocycles. The van der Waals surface area contributed by atoms with Gasteiger partial charge < -0.3 is 5.11 Å². The van der Waals surface area contributed by atoms with Crippen molar-refractivity contribution in [1.82, 2.24) is 0 Å². The van der Waals surface area contributed by atoms with E-state index in [-0.39, 0.29) is 0 Å². The van der Waals surface area contributed by atoms with Gasteiger partial charge in [0.2, 0.25) is 0 Å². The standard InChI is InChI=1S/C12H10O2.C2H6/c1-8-2-3-9-4-5-10(12(13)14)7-11(9)6-8;1-2/h2-7H,1H3,(H,13,14);1-2H3. The summed E-state index contributed by atoms with van der Waals surface area (Å²) in [5, 5.41) is 10.9. The second-order valence-corrected chi connectivity index (χ2v) is 3.37. The first-order valence-corrected chi connectivity index (χ1v) is 5.40. The van der Waals surface area contributed by atoms with Crippen molar-refractivity contribution in [3.05, 3.63) is 47.5 Å². The largest absolute Gasteiger partial charge is 0.478 e. The van der Waals surface area contributed by atoms with Crippen molar-refractivity contribution >= 4 is 16.7 Å². The first-order valence-electron chi connectivity index (χ1n) is 5.40. The van der Waals surface area contributed by atoms with Gasteiger partial charge in [-0.15, -0.1) is 0 Å². The molecule has 0 radical (unpaired) electrons. The Labute approximate surface area is 95.5 Å². The predicted molar refractivity (Wildman–Crippen MR) is 67.0 cm³/mol. The van der Waals surface area contributed by atoms with Crippen LogP contribution in [0.2, 0.25) is 0 Å². The van der Waals surface area contributed by atoms with Crippen LogP contribution in [0, 0.1) is 6.92 Å². The Morgan fingerprint density at radius 1 is 1.00 bits per heavy atom. The third-order valence-corrected chi connectivity index (χ3v) is 2.24. The normalized spacial score (nSPS) is 9.44. The molecule has 2 aromatic rings. The van der Waals surface area contributed by atoms with Gasteiger partial charge in [0.05, 0.1) is 5.56 Å². The van der Waals surface area contributed by atoms with E-state index in [0.717, 1.165) is 16.3 Å². The molecule has 0 saturated carbocycles. The molecule has 0 spiro atoms. The summed E-state index contributed by atoms with van der Waals surface area (Å²) >= 11 is 0. The first kappa shape index (κ1) is 12.2. The number of hydrogen-bond acceptors (Lipinski definition) is 1. The lowest BCUT2D eigenvalue weighted by Gasteiger charge is -2.00. The Hall–Kier alpha value is -1.83. The Morgan fingerprint density at radius 3 is 2.25 bits per heavy atom. The molecular formula is C14H16O2. The van der Waals surface area contributed by atoms with Crippen LogP contribution >= 0.6 is 0 Å². The van der Waals surface area contributed by atoms with Crippen molar-refractivity contribution in [3.8, 4) is 0 Å². The van der Waals surface area contributed by atoms with E-state index in [9.17, 15) is 4.79 Å². The van der Waals surface area contributed by atoms with Crippen LogP contribution in [0.25, 0.3) is 10.8 Å². The highest BCUT2D eigenvalue weighted by Gasteiger charge is 2.02. The van der Waals surface area contributed by atoms with Gasteiger partial charge in [-0.05, 0) is 29.8 Å². The van der Waals surface area contributed by atoms with E-state index in [2.05, 4.69) is 0 Å². The molecule has 2 heteroatoms. The minimum Gasteiger partial charge on any atom is -0.478 e. The predicted octanol–water partition coefficient (Wildman–Crippen LogP) is 3.87. The fourth-order valence-electron chi connectivity index (χ4n) is 1.50. The van der Waals surface area contributed by atoms with E-state index >= 15 is 0 Å². The average molecular weight is 216 g/mol. The lowest BCUT2D eigenvalue weighted by Crippen LogP contribution is -1.95. The summed E-state index contributed by atoms with van der Waals surface area (Å²) in [6.45, 7) is 5.99. The van der Waals surface area contributed by atoms with Gasteiger partial charge >= 0.3 is 5.97 Å². The van der Waals surface area contributed by atoms with Crippen molar-refractivity contribution in [2.24, 2.45) is 0 Å². The molecule has 0 aliphatic rings. The summed E-state index contributed by atoms with van der Waals surface area (Å²) in [5.74, 6) is -0.881. The molecule has 0 amide bonds. The highest BCUT2D eigenvalue weighted by atomic mass is 16.4. The van der Waals surface area contributed by atoms with Gasteiger partial charge in [0.25, 0.3) is 0 Å². The monoisotopic (exact) mass is 216 g/mol. The van der Waals surface area contributed by atoms with Crippen LogP contribution in [0.1, 0.15) is 29.8 Å². The number of carboxylic acid groups (broad SMARTS) is 1. The molecule has 2 nitrogen and oxygen atoms in total. The van der Waals surface area contributed by atoms with Crippen LogP contribution < -0.4 is 0 Å². The van der Waals surface area contributed by atoms with E-state index in [1.54, 1.807) is 12.1 Å². The lowest BCUT2D eigenvalue weighted by atomic mass is 10.1. The van der Waals surface area contributed by atoms with Crippen LogP contribution in [0.15, 0.2) is 36.4 Å². The molecule has 0 atom stereocenters. The van der Waals surface area contributed by atoms with E-state index in [1.165, 1.54) is 0 Å². The average Bonchev–Trinajstić information content (AvgIpc) is 2.30. The third kappa shape index (κ3) is 2.60. The number of hydrogen-bond donors (Lipinski definition) is 1. The van der Waals surface area contributed by atoms with E-state index in [1.807, 2.05) is 45.0 Å². The molecule has 0 saturated heterocycles. The summed E-state index contributed by atoms with van der Waals surface area (Å²) < 4.78 is 0. The van der Waals surface area contributed by atoms with Crippen LogP contribution in [-0.4, -0.2) is 11.1 Å². The molecule has 0 unspecified atom stereocenters. The lowest BCUT2D eigenvalue weighted by molar-refractivity contribution is 0.0697. The van der Waals surface area contributed by atoms with Crippen LogP contribution in [-0.2, 0) is 0 Å². The SMILES string of the molecule is CC.Cc1ccc2ccc(C(=O)O)cc2c1. The van der Waals surface area contributed by atoms with Gasteiger partial charge in [-0.3, -0.25) is 0 Å². The second-order valence-electron chi connectivity index (χ2n) is 3.37. The minimum absolute atomic E-state index is 0.336. The molecule has 0 bridgehead atoms. The summed E-state index contributed by atoms with van der Waals surface area (Å²) in [7, 11) is 0. The molecule has 0 aromatic heterocycles. The summed E-state index contributed by atoms with van der Waals surface area (Å²) in [6.07, 6.45) is 0. The van der Waals surface area contributed by atoms with Gasteiger partial charge in [-0.25, -0.2) is 4.79 Å². The molecular weight excluding hydrogens is 200 g/mol. The van der Waals surface area contributed by atoms with Crippen LogP contribution in [0.5, 0.6) is 0 Å². The van der Waals surface area contributed by atoms with Crippen molar-refractivity contribution in [2.75, 3.05) is 0 Å². The summed E-state index contributed by atoms with van der Waals surface area (Å²) in [6, 6.07) is 11.2. The van der Waals surface area contributed by atoms with Crippen LogP contribution in [0.4, 0.5) is 0 Å². The quantitative estimate of drug-likeness (QED) is 0.785. The maximum atomic E-state index is 10.7. The van der Waals surface area contributed by atoms with E-state index in [4.69, 9.17) is 5.11 Å². The van der Waals surface area contributed by atoms with Crippen molar-refractivity contribution in [3.63, 3.8) is 0 Å². The number of fused-ring (bicyclic) bond motifs is 1. The molecule has 2 aromatic carbocycles. The maximum Gasteiger partial charge on any atom is 0.335 e. The number of aryl methyl sites for hydroxylation is 1. The maximum absolute atomic E-state index is 10.7. The van der Waals surface area contributed by atoms with Gasteiger partial charge in [0.15, 0.2) is 0 Å². The molecule has 0 aliphatic carbocycles.